The van der Waals surface area contributed by atoms with Gasteiger partial charge in [0.1, 0.15) is 17.2 Å². The van der Waals surface area contributed by atoms with Gasteiger partial charge in [-0.05, 0) is 31.2 Å². The maximum atomic E-state index is 5.71. The van der Waals surface area contributed by atoms with Crippen LogP contribution in [-0.2, 0) is 0 Å². The molecule has 0 N–H and O–H groups in total. The molecule has 2 aromatic carbocycles. The van der Waals surface area contributed by atoms with E-state index in [1.807, 2.05) is 49.4 Å². The summed E-state index contributed by atoms with van der Waals surface area (Å²) in [6.45, 7) is 2.61. The zero-order valence-electron chi connectivity index (χ0n) is 12.4. The molecule has 0 aromatic heterocycles. The molecular formula is C17H19BrO3. The van der Waals surface area contributed by atoms with Crippen molar-refractivity contribution in [1.82, 2.24) is 0 Å². The second-order valence-electron chi connectivity index (χ2n) is 4.44. The third-order valence-corrected chi connectivity index (χ3v) is 4.19. The Morgan fingerprint density at radius 3 is 2.38 bits per heavy atom. The summed E-state index contributed by atoms with van der Waals surface area (Å²) in [5, 5.41) is 0. The molecule has 0 radical (unpaired) electrons. The smallest absolute Gasteiger partial charge is 0.123 e. The largest absolute Gasteiger partial charge is 0.497 e. The van der Waals surface area contributed by atoms with E-state index in [9.17, 15) is 0 Å². The SMILES string of the molecule is CCOc1ccccc1C(Br)c1cc(OC)ccc1OC. The van der Waals surface area contributed by atoms with Crippen LogP contribution in [0.25, 0.3) is 0 Å². The normalized spacial score (nSPS) is 11.8. The van der Waals surface area contributed by atoms with Crippen LogP contribution in [0.2, 0.25) is 0 Å². The summed E-state index contributed by atoms with van der Waals surface area (Å²) in [5.74, 6) is 2.47. The highest BCUT2D eigenvalue weighted by Gasteiger charge is 2.19. The van der Waals surface area contributed by atoms with Gasteiger partial charge in [0.25, 0.3) is 0 Å². The number of hydrogen-bond donors (Lipinski definition) is 0. The maximum absolute atomic E-state index is 5.71. The van der Waals surface area contributed by atoms with Crippen molar-refractivity contribution in [2.75, 3.05) is 20.8 Å². The predicted octanol–water partition coefficient (Wildman–Crippen LogP) is 4.59. The molecule has 0 saturated heterocycles. The van der Waals surface area contributed by atoms with E-state index in [2.05, 4.69) is 15.9 Å². The van der Waals surface area contributed by atoms with Crippen molar-refractivity contribution in [3.8, 4) is 17.2 Å². The number of rotatable bonds is 6. The average molecular weight is 351 g/mol. The molecule has 1 atom stereocenters. The minimum atomic E-state index is -0.0368. The van der Waals surface area contributed by atoms with E-state index < -0.39 is 0 Å². The number of para-hydroxylation sites is 1. The zero-order valence-corrected chi connectivity index (χ0v) is 14.0. The van der Waals surface area contributed by atoms with Gasteiger partial charge in [-0.25, -0.2) is 0 Å². The van der Waals surface area contributed by atoms with Crippen LogP contribution >= 0.6 is 15.9 Å². The van der Waals surface area contributed by atoms with E-state index in [0.29, 0.717) is 6.61 Å². The summed E-state index contributed by atoms with van der Waals surface area (Å²) < 4.78 is 16.5. The highest BCUT2D eigenvalue weighted by atomic mass is 79.9. The molecule has 0 fully saturated rings. The Bertz CT molecular complexity index is 598. The fraction of sp³-hybridized carbons (Fsp3) is 0.294. The van der Waals surface area contributed by atoms with Crippen LogP contribution in [0.5, 0.6) is 17.2 Å². The van der Waals surface area contributed by atoms with E-state index in [0.717, 1.165) is 28.4 Å². The maximum Gasteiger partial charge on any atom is 0.123 e. The highest BCUT2D eigenvalue weighted by molar-refractivity contribution is 9.09. The summed E-state index contributed by atoms with van der Waals surface area (Å²) in [6, 6.07) is 13.8. The molecule has 1 unspecified atom stereocenters. The lowest BCUT2D eigenvalue weighted by Gasteiger charge is -2.18. The summed E-state index contributed by atoms with van der Waals surface area (Å²) >= 11 is 3.75. The number of hydrogen-bond acceptors (Lipinski definition) is 3. The van der Waals surface area contributed by atoms with Crippen LogP contribution in [0.15, 0.2) is 42.5 Å². The number of alkyl halides is 1. The average Bonchev–Trinajstić information content (AvgIpc) is 2.54. The van der Waals surface area contributed by atoms with Crippen LogP contribution in [0.4, 0.5) is 0 Å². The molecule has 0 saturated carbocycles. The molecule has 0 heterocycles. The van der Waals surface area contributed by atoms with Gasteiger partial charge in [0.15, 0.2) is 0 Å². The van der Waals surface area contributed by atoms with Crippen molar-refractivity contribution >= 4 is 15.9 Å². The van der Waals surface area contributed by atoms with E-state index in [1.54, 1.807) is 14.2 Å². The van der Waals surface area contributed by atoms with Crippen molar-refractivity contribution < 1.29 is 14.2 Å². The first-order chi connectivity index (χ1) is 10.2. The Morgan fingerprint density at radius 1 is 0.952 bits per heavy atom. The molecule has 112 valence electrons. The van der Waals surface area contributed by atoms with Gasteiger partial charge >= 0.3 is 0 Å². The summed E-state index contributed by atoms with van der Waals surface area (Å²) in [6.07, 6.45) is 0. The Hall–Kier alpha value is -1.68. The first-order valence-corrected chi connectivity index (χ1v) is 7.70. The lowest BCUT2D eigenvalue weighted by Crippen LogP contribution is -2.02. The fourth-order valence-corrected chi connectivity index (χ4v) is 2.92. The van der Waals surface area contributed by atoms with Crippen LogP contribution in [0.3, 0.4) is 0 Å². The Morgan fingerprint density at radius 2 is 1.71 bits per heavy atom. The molecule has 4 heteroatoms. The Labute approximate surface area is 134 Å². The summed E-state index contributed by atoms with van der Waals surface area (Å²) in [7, 11) is 3.32. The molecule has 21 heavy (non-hydrogen) atoms. The van der Waals surface area contributed by atoms with Crippen molar-refractivity contribution in [3.63, 3.8) is 0 Å². The van der Waals surface area contributed by atoms with Crippen molar-refractivity contribution in [2.45, 2.75) is 11.8 Å². The van der Waals surface area contributed by atoms with Crippen molar-refractivity contribution in [1.29, 1.82) is 0 Å². The first kappa shape index (κ1) is 15.7. The lowest BCUT2D eigenvalue weighted by molar-refractivity contribution is 0.337. The van der Waals surface area contributed by atoms with Crippen LogP contribution < -0.4 is 14.2 Å². The molecule has 0 aliphatic carbocycles. The molecule has 0 aliphatic rings. The van der Waals surface area contributed by atoms with Gasteiger partial charge in [-0.1, -0.05) is 34.1 Å². The highest BCUT2D eigenvalue weighted by Crippen LogP contribution is 2.41. The lowest BCUT2D eigenvalue weighted by atomic mass is 10.0. The van der Waals surface area contributed by atoms with Gasteiger partial charge in [0.05, 0.1) is 25.7 Å². The van der Waals surface area contributed by atoms with Gasteiger partial charge in [0, 0.05) is 11.1 Å². The molecular weight excluding hydrogens is 332 g/mol. The molecule has 2 rings (SSSR count). The molecule has 2 aromatic rings. The fourth-order valence-electron chi connectivity index (χ4n) is 2.18. The summed E-state index contributed by atoms with van der Waals surface area (Å²) in [4.78, 5) is -0.0368. The Balaban J connectivity index is 2.46. The topological polar surface area (TPSA) is 27.7 Å². The van der Waals surface area contributed by atoms with E-state index in [-0.39, 0.29) is 4.83 Å². The third-order valence-electron chi connectivity index (χ3n) is 3.20. The monoisotopic (exact) mass is 350 g/mol. The summed E-state index contributed by atoms with van der Waals surface area (Å²) in [5.41, 5.74) is 2.06. The number of methoxy groups -OCH3 is 2. The first-order valence-electron chi connectivity index (χ1n) is 6.79. The standard InChI is InChI=1S/C17H19BrO3/c1-4-21-16-8-6-5-7-13(16)17(18)14-11-12(19-2)9-10-15(14)20-3/h5-11,17H,4H2,1-3H3. The minimum absolute atomic E-state index is 0.0368. The van der Waals surface area contributed by atoms with Gasteiger partial charge in [-0.3, -0.25) is 0 Å². The minimum Gasteiger partial charge on any atom is -0.497 e. The second-order valence-corrected chi connectivity index (χ2v) is 5.36. The molecule has 0 aliphatic heterocycles. The quantitative estimate of drug-likeness (QED) is 0.713. The van der Waals surface area contributed by atoms with Crippen LogP contribution in [-0.4, -0.2) is 20.8 Å². The van der Waals surface area contributed by atoms with Gasteiger partial charge < -0.3 is 14.2 Å². The van der Waals surface area contributed by atoms with Crippen molar-refractivity contribution in [3.05, 3.63) is 53.6 Å². The van der Waals surface area contributed by atoms with Crippen LogP contribution in [0.1, 0.15) is 22.9 Å². The van der Waals surface area contributed by atoms with E-state index in [1.165, 1.54) is 0 Å². The molecule has 0 amide bonds. The predicted molar refractivity (Wildman–Crippen MR) is 87.9 cm³/mol. The second kappa shape index (κ2) is 7.36. The number of halogens is 1. The molecule has 0 spiro atoms. The van der Waals surface area contributed by atoms with Gasteiger partial charge in [-0.15, -0.1) is 0 Å². The number of benzene rings is 2. The van der Waals surface area contributed by atoms with Crippen LogP contribution in [0, 0.1) is 0 Å². The Kier molecular flexibility index (Phi) is 5.51. The molecule has 3 nitrogen and oxygen atoms in total. The molecule has 0 bridgehead atoms. The van der Waals surface area contributed by atoms with Gasteiger partial charge in [-0.2, -0.15) is 0 Å². The zero-order chi connectivity index (χ0) is 15.2. The van der Waals surface area contributed by atoms with E-state index >= 15 is 0 Å². The number of ether oxygens (including phenoxy) is 3. The van der Waals surface area contributed by atoms with Crippen molar-refractivity contribution in [2.24, 2.45) is 0 Å². The van der Waals surface area contributed by atoms with E-state index in [4.69, 9.17) is 14.2 Å². The van der Waals surface area contributed by atoms with Gasteiger partial charge in [0.2, 0.25) is 0 Å². The third kappa shape index (κ3) is 3.50.